The predicted molar refractivity (Wildman–Crippen MR) is 109 cm³/mol. The molecule has 2 aromatic carbocycles. The van der Waals surface area contributed by atoms with E-state index in [9.17, 15) is 13.2 Å². The monoisotopic (exact) mass is 402 g/mol. The largest absolute Gasteiger partial charge is 0.351 e. The predicted octanol–water partition coefficient (Wildman–Crippen LogP) is 3.35. The van der Waals surface area contributed by atoms with Gasteiger partial charge in [0.05, 0.1) is 11.8 Å². The molecule has 28 heavy (non-hydrogen) atoms. The summed E-state index contributed by atoms with van der Waals surface area (Å²) in [4.78, 5) is 13.0. The van der Waals surface area contributed by atoms with Crippen LogP contribution < -0.4 is 5.73 Å². The minimum absolute atomic E-state index is 0.131. The highest BCUT2D eigenvalue weighted by atomic mass is 32.2. The molecule has 2 atom stereocenters. The smallest absolute Gasteiger partial charge is 0.314 e. The molecular formula is C21H26N2O4S. The van der Waals surface area contributed by atoms with Crippen LogP contribution in [0.5, 0.6) is 0 Å². The van der Waals surface area contributed by atoms with Gasteiger partial charge in [0, 0.05) is 12.5 Å². The van der Waals surface area contributed by atoms with E-state index in [1.165, 1.54) is 4.90 Å². The number of hydrogen-bond acceptors (Lipinski definition) is 4. The lowest BCUT2D eigenvalue weighted by Gasteiger charge is -2.37. The number of hydrogen-bond donors (Lipinski definition) is 1. The van der Waals surface area contributed by atoms with Crippen LogP contribution in [-0.4, -0.2) is 43.8 Å². The Morgan fingerprint density at radius 1 is 1.07 bits per heavy atom. The molecule has 1 aliphatic rings. The number of rotatable bonds is 5. The number of piperidine rings is 1. The Morgan fingerprint density at radius 3 is 2.25 bits per heavy atom. The van der Waals surface area contributed by atoms with E-state index in [0.29, 0.717) is 13.0 Å². The van der Waals surface area contributed by atoms with Gasteiger partial charge in [-0.05, 0) is 37.0 Å². The third-order valence-electron chi connectivity index (χ3n) is 5.15. The van der Waals surface area contributed by atoms with Crippen molar-refractivity contribution >= 4 is 16.1 Å². The van der Waals surface area contributed by atoms with Crippen LogP contribution in [0.3, 0.4) is 0 Å². The summed E-state index contributed by atoms with van der Waals surface area (Å²) in [6.45, 7) is 3.79. The Kier molecular flexibility index (Phi) is 6.05. The van der Waals surface area contributed by atoms with Crippen LogP contribution in [0.25, 0.3) is 11.1 Å². The zero-order chi connectivity index (χ0) is 20.3. The molecule has 0 radical (unpaired) electrons. The highest BCUT2D eigenvalue weighted by molar-refractivity contribution is 7.87. The molecule has 0 aliphatic carbocycles. The van der Waals surface area contributed by atoms with Gasteiger partial charge in [0.15, 0.2) is 0 Å². The number of carbonyl (C=O) groups excluding carboxylic acids is 1. The second-order valence-electron chi connectivity index (χ2n) is 7.34. The normalized spacial score (nSPS) is 20.3. The van der Waals surface area contributed by atoms with Crippen LogP contribution in [0.2, 0.25) is 0 Å². The topological polar surface area (TPSA) is 89.7 Å². The van der Waals surface area contributed by atoms with Crippen molar-refractivity contribution in [1.29, 1.82) is 0 Å². The Bertz CT molecular complexity index is 911. The molecule has 6 nitrogen and oxygen atoms in total. The van der Waals surface area contributed by atoms with Gasteiger partial charge in [0.1, 0.15) is 6.10 Å². The van der Waals surface area contributed by atoms with Gasteiger partial charge < -0.3 is 10.6 Å². The van der Waals surface area contributed by atoms with E-state index in [1.807, 2.05) is 54.6 Å². The third kappa shape index (κ3) is 4.54. The summed E-state index contributed by atoms with van der Waals surface area (Å²) in [5, 5.41) is -0.655. The summed E-state index contributed by atoms with van der Waals surface area (Å²) in [5.74, 6) is -0.131. The van der Waals surface area contributed by atoms with Crippen molar-refractivity contribution in [3.8, 4) is 11.1 Å². The van der Waals surface area contributed by atoms with Crippen LogP contribution >= 0.6 is 0 Å². The third-order valence-corrected chi connectivity index (χ3v) is 6.82. The lowest BCUT2D eigenvalue weighted by atomic mass is 9.86. The maximum atomic E-state index is 12.3. The molecule has 3 rings (SSSR count). The number of nitrogens with two attached hydrogens (primary N) is 1. The van der Waals surface area contributed by atoms with Crippen molar-refractivity contribution in [1.82, 2.24) is 4.90 Å². The summed E-state index contributed by atoms with van der Waals surface area (Å²) < 4.78 is 30.2. The van der Waals surface area contributed by atoms with E-state index < -0.39 is 27.5 Å². The van der Waals surface area contributed by atoms with E-state index in [2.05, 4.69) is 0 Å². The lowest BCUT2D eigenvalue weighted by molar-refractivity contribution is 0.0897. The van der Waals surface area contributed by atoms with Crippen molar-refractivity contribution in [2.24, 2.45) is 5.73 Å². The van der Waals surface area contributed by atoms with Gasteiger partial charge in [-0.3, -0.25) is 4.18 Å². The lowest BCUT2D eigenvalue weighted by Crippen LogP contribution is -2.49. The van der Waals surface area contributed by atoms with Crippen molar-refractivity contribution in [2.75, 3.05) is 13.1 Å². The van der Waals surface area contributed by atoms with E-state index >= 15 is 0 Å². The van der Waals surface area contributed by atoms with E-state index in [1.54, 1.807) is 13.8 Å². The zero-order valence-corrected chi connectivity index (χ0v) is 16.9. The maximum absolute atomic E-state index is 12.3. The van der Waals surface area contributed by atoms with Gasteiger partial charge in [0.25, 0.3) is 10.1 Å². The number of nitrogens with zero attached hydrogens (tertiary/aromatic N) is 1. The molecule has 1 heterocycles. The molecule has 0 bridgehead atoms. The molecule has 0 saturated carbocycles. The standard InChI is InChI=1S/C21H26N2O4S/c1-15(2)28(25,26)27-20-14-23(21(22)24)13-12-19(20)18-10-8-17(9-11-18)16-6-4-3-5-7-16/h3-11,15,19-20H,12-14H2,1-2H3,(H2,22,24). The quantitative estimate of drug-likeness (QED) is 0.777. The molecule has 2 amide bonds. The highest BCUT2D eigenvalue weighted by Crippen LogP contribution is 2.33. The zero-order valence-electron chi connectivity index (χ0n) is 16.1. The van der Waals surface area contributed by atoms with Crippen molar-refractivity contribution < 1.29 is 17.4 Å². The van der Waals surface area contributed by atoms with E-state index in [0.717, 1.165) is 16.7 Å². The van der Waals surface area contributed by atoms with Crippen LogP contribution in [0.4, 0.5) is 4.79 Å². The van der Waals surface area contributed by atoms with Crippen LogP contribution in [0.1, 0.15) is 31.7 Å². The number of amides is 2. The molecule has 7 heteroatoms. The van der Waals surface area contributed by atoms with Gasteiger partial charge in [-0.2, -0.15) is 8.42 Å². The molecule has 1 aliphatic heterocycles. The second kappa shape index (κ2) is 8.32. The van der Waals surface area contributed by atoms with Gasteiger partial charge >= 0.3 is 6.03 Å². The first-order valence-electron chi connectivity index (χ1n) is 9.40. The first-order valence-corrected chi connectivity index (χ1v) is 10.9. The van der Waals surface area contributed by atoms with Gasteiger partial charge in [-0.25, -0.2) is 4.79 Å². The van der Waals surface area contributed by atoms with Crippen LogP contribution in [0.15, 0.2) is 54.6 Å². The number of urea groups is 1. The van der Waals surface area contributed by atoms with Gasteiger partial charge in [0.2, 0.25) is 0 Å². The minimum atomic E-state index is -3.72. The van der Waals surface area contributed by atoms with Crippen molar-refractivity contribution in [3.05, 3.63) is 60.2 Å². The molecule has 2 N–H and O–H groups in total. The Hall–Kier alpha value is -2.38. The number of carbonyl (C=O) groups is 1. The first kappa shape index (κ1) is 20.4. The highest BCUT2D eigenvalue weighted by Gasteiger charge is 2.36. The fourth-order valence-corrected chi connectivity index (χ4v) is 4.19. The number of benzene rings is 2. The summed E-state index contributed by atoms with van der Waals surface area (Å²) >= 11 is 0. The first-order chi connectivity index (χ1) is 13.3. The van der Waals surface area contributed by atoms with Crippen molar-refractivity contribution in [3.63, 3.8) is 0 Å². The second-order valence-corrected chi connectivity index (χ2v) is 9.46. The molecule has 150 valence electrons. The van der Waals surface area contributed by atoms with E-state index in [4.69, 9.17) is 9.92 Å². The molecule has 2 aromatic rings. The molecule has 2 unspecified atom stereocenters. The summed E-state index contributed by atoms with van der Waals surface area (Å²) in [6, 6.07) is 17.5. The molecule has 0 aromatic heterocycles. The fraction of sp³-hybridized carbons (Fsp3) is 0.381. The molecular weight excluding hydrogens is 376 g/mol. The Labute approximate surface area is 166 Å². The summed E-state index contributed by atoms with van der Waals surface area (Å²) in [6.07, 6.45) is -0.0671. The minimum Gasteiger partial charge on any atom is -0.351 e. The Morgan fingerprint density at radius 2 is 1.68 bits per heavy atom. The summed E-state index contributed by atoms with van der Waals surface area (Å²) in [5.41, 5.74) is 8.60. The molecule has 1 fully saturated rings. The summed E-state index contributed by atoms with van der Waals surface area (Å²) in [7, 11) is -3.72. The SMILES string of the molecule is CC(C)S(=O)(=O)OC1CN(C(N)=O)CCC1c1ccc(-c2ccccc2)cc1. The fourth-order valence-electron chi connectivity index (χ4n) is 3.43. The molecule has 1 saturated heterocycles. The van der Waals surface area contributed by atoms with Gasteiger partial charge in [-0.15, -0.1) is 0 Å². The Balaban J connectivity index is 1.86. The van der Waals surface area contributed by atoms with Crippen LogP contribution in [-0.2, 0) is 14.3 Å². The molecule has 0 spiro atoms. The van der Waals surface area contributed by atoms with Gasteiger partial charge in [-0.1, -0.05) is 54.6 Å². The number of likely N-dealkylation sites (tertiary alicyclic amines) is 1. The average Bonchev–Trinajstić information content (AvgIpc) is 2.68. The van der Waals surface area contributed by atoms with Crippen molar-refractivity contribution in [2.45, 2.75) is 37.5 Å². The average molecular weight is 403 g/mol. The maximum Gasteiger partial charge on any atom is 0.314 e. The van der Waals surface area contributed by atoms with E-state index in [-0.39, 0.29) is 12.5 Å². The van der Waals surface area contributed by atoms with Crippen LogP contribution in [0, 0.1) is 0 Å². The number of primary amides is 1.